The van der Waals surface area contributed by atoms with Gasteiger partial charge in [0.25, 0.3) is 5.56 Å². The molecule has 0 bridgehead atoms. The smallest absolute Gasteiger partial charge is 0.297 e. The van der Waals surface area contributed by atoms with Gasteiger partial charge < -0.3 is 4.74 Å². The maximum atomic E-state index is 12.8. The topological polar surface area (TPSA) is 69.4 Å². The number of benzene rings is 2. The number of methoxy groups -OCH3 is 1. The molecule has 0 radical (unpaired) electrons. The zero-order valence-corrected chi connectivity index (χ0v) is 16.4. The minimum absolute atomic E-state index is 0.232. The van der Waals surface area contributed by atoms with Gasteiger partial charge in [0, 0.05) is 16.9 Å². The van der Waals surface area contributed by atoms with Crippen molar-refractivity contribution in [2.24, 2.45) is 0 Å². The van der Waals surface area contributed by atoms with Crippen LogP contribution in [-0.4, -0.2) is 33.2 Å². The third kappa shape index (κ3) is 3.58. The first kappa shape index (κ1) is 17.7. The maximum Gasteiger partial charge on any atom is 0.297 e. The van der Waals surface area contributed by atoms with E-state index < -0.39 is 0 Å². The average molecular weight is 396 g/mol. The second-order valence-corrected chi connectivity index (χ2v) is 7.64. The summed E-state index contributed by atoms with van der Waals surface area (Å²) < 4.78 is 6.51. The molecule has 0 N–H and O–H groups in total. The highest BCUT2D eigenvalue weighted by atomic mass is 32.2. The highest BCUT2D eigenvalue weighted by molar-refractivity contribution is 7.98. The number of hydrogen-bond donors (Lipinski definition) is 0. The van der Waals surface area contributed by atoms with Gasteiger partial charge in [-0.05, 0) is 48.2 Å². The number of thioether (sulfide) groups is 1. The van der Waals surface area contributed by atoms with E-state index in [4.69, 9.17) is 4.74 Å². The summed E-state index contributed by atoms with van der Waals surface area (Å²) in [5.74, 6) is 0.770. The van der Waals surface area contributed by atoms with E-state index in [9.17, 15) is 4.79 Å². The molecule has 0 aliphatic carbocycles. The summed E-state index contributed by atoms with van der Waals surface area (Å²) in [6.07, 6.45) is 2.46. The Bertz CT molecular complexity index is 1140. The van der Waals surface area contributed by atoms with Crippen LogP contribution in [0.3, 0.4) is 0 Å². The summed E-state index contributed by atoms with van der Waals surface area (Å²) >= 11 is 3.01. The molecule has 0 aliphatic heterocycles. The van der Waals surface area contributed by atoms with E-state index in [0.29, 0.717) is 22.1 Å². The summed E-state index contributed by atoms with van der Waals surface area (Å²) in [5.41, 5.74) is 2.07. The summed E-state index contributed by atoms with van der Waals surface area (Å²) in [4.78, 5) is 14.4. The third-order valence-corrected chi connectivity index (χ3v) is 5.81. The van der Waals surface area contributed by atoms with Gasteiger partial charge in [-0.3, -0.25) is 4.79 Å². The molecule has 2 aromatic carbocycles. The number of nitrogens with zero attached hydrogens (tertiary/aromatic N) is 4. The highest BCUT2D eigenvalue weighted by Gasteiger charge is 2.13. The summed E-state index contributed by atoms with van der Waals surface area (Å²) in [6.45, 7) is 0. The standard InChI is InChI=1S/C19H16N4O2S2/c1-25-14-7-5-13(6-8-14)17-22-23-18(24)16(20-21-19(23)27-17)11-12-3-9-15(26-2)10-4-12/h3-10H,11H2,1-2H3. The van der Waals surface area contributed by atoms with Gasteiger partial charge in [-0.25, -0.2) is 0 Å². The van der Waals surface area contributed by atoms with Crippen molar-refractivity contribution in [1.82, 2.24) is 19.8 Å². The Morgan fingerprint density at radius 1 is 1.07 bits per heavy atom. The Labute approximate surface area is 163 Å². The van der Waals surface area contributed by atoms with Crippen molar-refractivity contribution in [2.75, 3.05) is 13.4 Å². The van der Waals surface area contributed by atoms with Gasteiger partial charge in [-0.1, -0.05) is 23.5 Å². The Hall–Kier alpha value is -2.71. The van der Waals surface area contributed by atoms with E-state index >= 15 is 0 Å². The number of hydrogen-bond acceptors (Lipinski definition) is 7. The van der Waals surface area contributed by atoms with Gasteiger partial charge in [0.05, 0.1) is 7.11 Å². The van der Waals surface area contributed by atoms with Crippen LogP contribution in [0.2, 0.25) is 0 Å². The summed E-state index contributed by atoms with van der Waals surface area (Å²) in [7, 11) is 1.62. The van der Waals surface area contributed by atoms with Crippen LogP contribution in [0.5, 0.6) is 5.75 Å². The van der Waals surface area contributed by atoms with E-state index in [1.165, 1.54) is 20.7 Å². The molecule has 6 nitrogen and oxygen atoms in total. The molecule has 0 saturated carbocycles. The highest BCUT2D eigenvalue weighted by Crippen LogP contribution is 2.26. The minimum atomic E-state index is -0.232. The van der Waals surface area contributed by atoms with Crippen molar-refractivity contribution in [2.45, 2.75) is 11.3 Å². The molecule has 0 amide bonds. The number of aromatic nitrogens is 4. The van der Waals surface area contributed by atoms with Crippen LogP contribution in [0.15, 0.2) is 58.2 Å². The van der Waals surface area contributed by atoms with Gasteiger partial charge in [0.1, 0.15) is 16.5 Å². The van der Waals surface area contributed by atoms with Crippen molar-refractivity contribution >= 4 is 28.1 Å². The minimum Gasteiger partial charge on any atom is -0.497 e. The lowest BCUT2D eigenvalue weighted by molar-refractivity contribution is 0.415. The van der Waals surface area contributed by atoms with Crippen molar-refractivity contribution in [1.29, 1.82) is 0 Å². The fourth-order valence-electron chi connectivity index (χ4n) is 2.64. The zero-order valence-electron chi connectivity index (χ0n) is 14.7. The van der Waals surface area contributed by atoms with Crippen LogP contribution in [0, 0.1) is 0 Å². The fourth-order valence-corrected chi connectivity index (χ4v) is 3.89. The Kier molecular flexibility index (Phi) is 4.91. The predicted molar refractivity (Wildman–Crippen MR) is 108 cm³/mol. The first-order valence-electron chi connectivity index (χ1n) is 8.20. The Balaban J connectivity index is 1.67. The quantitative estimate of drug-likeness (QED) is 0.481. The van der Waals surface area contributed by atoms with Crippen LogP contribution < -0.4 is 10.3 Å². The number of ether oxygens (including phenoxy) is 1. The average Bonchev–Trinajstić information content (AvgIpc) is 3.16. The van der Waals surface area contributed by atoms with Crippen LogP contribution >= 0.6 is 23.1 Å². The molecule has 0 aliphatic rings. The van der Waals surface area contributed by atoms with Gasteiger partial charge in [0.15, 0.2) is 0 Å². The van der Waals surface area contributed by atoms with Gasteiger partial charge >= 0.3 is 0 Å². The molecule has 0 saturated heterocycles. The molecule has 0 unspecified atom stereocenters. The first-order valence-corrected chi connectivity index (χ1v) is 10.2. The second kappa shape index (κ2) is 7.50. The normalized spacial score (nSPS) is 11.0. The van der Waals surface area contributed by atoms with Gasteiger partial charge in [0.2, 0.25) is 4.96 Å². The molecular formula is C19H16N4O2S2. The second-order valence-electron chi connectivity index (χ2n) is 5.81. The Morgan fingerprint density at radius 2 is 1.81 bits per heavy atom. The van der Waals surface area contributed by atoms with Crippen LogP contribution in [-0.2, 0) is 6.42 Å². The molecule has 4 rings (SSSR count). The van der Waals surface area contributed by atoms with E-state index in [2.05, 4.69) is 15.3 Å². The van der Waals surface area contributed by atoms with E-state index in [1.807, 2.05) is 54.8 Å². The third-order valence-electron chi connectivity index (χ3n) is 4.12. The molecular weight excluding hydrogens is 380 g/mol. The molecule has 0 atom stereocenters. The van der Waals surface area contributed by atoms with E-state index in [0.717, 1.165) is 16.9 Å². The fraction of sp³-hybridized carbons (Fsp3) is 0.158. The van der Waals surface area contributed by atoms with E-state index in [-0.39, 0.29) is 5.56 Å². The molecule has 2 heterocycles. The molecule has 136 valence electrons. The van der Waals surface area contributed by atoms with Crippen molar-refractivity contribution in [3.63, 3.8) is 0 Å². The molecule has 2 aromatic heterocycles. The Morgan fingerprint density at radius 3 is 2.48 bits per heavy atom. The molecule has 27 heavy (non-hydrogen) atoms. The van der Waals surface area contributed by atoms with Crippen LogP contribution in [0.4, 0.5) is 0 Å². The van der Waals surface area contributed by atoms with Crippen molar-refractivity contribution < 1.29 is 4.74 Å². The number of rotatable bonds is 5. The molecule has 0 spiro atoms. The van der Waals surface area contributed by atoms with Crippen molar-refractivity contribution in [3.8, 4) is 16.3 Å². The molecule has 8 heteroatoms. The summed E-state index contributed by atoms with van der Waals surface area (Å²) in [5, 5.41) is 13.5. The van der Waals surface area contributed by atoms with Crippen LogP contribution in [0.1, 0.15) is 11.3 Å². The number of fused-ring (bicyclic) bond motifs is 1. The van der Waals surface area contributed by atoms with Gasteiger partial charge in [-0.2, -0.15) is 9.61 Å². The predicted octanol–water partition coefficient (Wildman–Crippen LogP) is 3.53. The summed E-state index contributed by atoms with van der Waals surface area (Å²) in [6, 6.07) is 15.6. The van der Waals surface area contributed by atoms with Crippen molar-refractivity contribution in [3.05, 3.63) is 70.1 Å². The molecule has 0 fully saturated rings. The largest absolute Gasteiger partial charge is 0.497 e. The lowest BCUT2D eigenvalue weighted by atomic mass is 10.1. The first-order chi connectivity index (χ1) is 13.2. The van der Waals surface area contributed by atoms with Gasteiger partial charge in [-0.15, -0.1) is 22.0 Å². The SMILES string of the molecule is COc1ccc(-c2nn3c(=O)c(Cc4ccc(SC)cc4)nnc3s2)cc1. The lowest BCUT2D eigenvalue weighted by Gasteiger charge is -2.01. The zero-order chi connectivity index (χ0) is 18.8. The lowest BCUT2D eigenvalue weighted by Crippen LogP contribution is -2.22. The monoisotopic (exact) mass is 396 g/mol. The maximum absolute atomic E-state index is 12.8. The van der Waals surface area contributed by atoms with Crippen LogP contribution in [0.25, 0.3) is 15.5 Å². The molecule has 4 aromatic rings. The van der Waals surface area contributed by atoms with E-state index in [1.54, 1.807) is 18.9 Å².